The van der Waals surface area contributed by atoms with Crippen LogP contribution in [0.4, 0.5) is 11.5 Å². The van der Waals surface area contributed by atoms with Crippen molar-refractivity contribution >= 4 is 17.4 Å². The summed E-state index contributed by atoms with van der Waals surface area (Å²) in [6.07, 6.45) is 6.61. The third-order valence-electron chi connectivity index (χ3n) is 2.17. The Hall–Kier alpha value is -2.29. The molecule has 1 aliphatic heterocycles. The highest BCUT2D eigenvalue weighted by molar-refractivity contribution is 6.01. The molecule has 6 heteroatoms. The van der Waals surface area contributed by atoms with Gasteiger partial charge in [-0.3, -0.25) is 4.79 Å². The number of nitrogens with zero attached hydrogens (tertiary/aromatic N) is 3. The number of rotatable bonds is 2. The highest BCUT2D eigenvalue weighted by Crippen LogP contribution is 2.33. The molecular weight excluding hydrogens is 208 g/mol. The number of nitrogens with one attached hydrogen (secondary N) is 1. The first-order chi connectivity index (χ1) is 7.76. The number of carbonyl (C=O) groups excluding carboxylic acids is 1. The Labute approximate surface area is 92.6 Å². The molecular formula is C10H10N4O2. The van der Waals surface area contributed by atoms with Crippen LogP contribution in [-0.2, 0) is 4.79 Å². The molecule has 0 saturated heterocycles. The molecule has 0 bridgehead atoms. The van der Waals surface area contributed by atoms with Gasteiger partial charge in [-0.1, -0.05) is 5.92 Å². The quantitative estimate of drug-likeness (QED) is 0.701. The minimum Gasteiger partial charge on any atom is -0.479 e. The zero-order valence-electron chi connectivity index (χ0n) is 8.73. The van der Waals surface area contributed by atoms with Crippen molar-refractivity contribution in [2.75, 3.05) is 30.4 Å². The number of anilines is 2. The van der Waals surface area contributed by atoms with E-state index in [4.69, 9.17) is 11.2 Å². The molecule has 0 aromatic carbocycles. The first-order valence-electron chi connectivity index (χ1n) is 4.63. The lowest BCUT2D eigenvalue weighted by Gasteiger charge is -2.28. The van der Waals surface area contributed by atoms with Crippen LogP contribution in [0.15, 0.2) is 6.33 Å². The van der Waals surface area contributed by atoms with Gasteiger partial charge in [-0.25, -0.2) is 4.98 Å². The van der Waals surface area contributed by atoms with E-state index < -0.39 is 0 Å². The molecule has 0 spiro atoms. The lowest BCUT2D eigenvalue weighted by molar-refractivity contribution is -0.115. The zero-order chi connectivity index (χ0) is 11.5. The summed E-state index contributed by atoms with van der Waals surface area (Å²) in [6.45, 7) is 0.512. The van der Waals surface area contributed by atoms with E-state index in [1.54, 1.807) is 4.90 Å². The summed E-state index contributed by atoms with van der Waals surface area (Å²) >= 11 is 0. The van der Waals surface area contributed by atoms with Crippen molar-refractivity contribution in [3.8, 4) is 18.2 Å². The number of methoxy groups -OCH3 is 1. The van der Waals surface area contributed by atoms with Gasteiger partial charge in [0.2, 0.25) is 11.8 Å². The highest BCUT2D eigenvalue weighted by Gasteiger charge is 2.26. The Morgan fingerprint density at radius 2 is 2.50 bits per heavy atom. The van der Waals surface area contributed by atoms with E-state index in [-0.39, 0.29) is 12.5 Å². The van der Waals surface area contributed by atoms with Crippen molar-refractivity contribution in [1.29, 1.82) is 0 Å². The number of carbonyl (C=O) groups is 1. The molecule has 1 aromatic heterocycles. The molecule has 2 heterocycles. The third-order valence-corrected chi connectivity index (χ3v) is 2.17. The molecule has 2 rings (SSSR count). The van der Waals surface area contributed by atoms with Gasteiger partial charge in [-0.15, -0.1) is 6.42 Å². The van der Waals surface area contributed by atoms with Crippen LogP contribution in [0.1, 0.15) is 0 Å². The van der Waals surface area contributed by atoms with Crippen LogP contribution in [-0.4, -0.2) is 36.1 Å². The van der Waals surface area contributed by atoms with Crippen molar-refractivity contribution in [3.05, 3.63) is 6.33 Å². The largest absolute Gasteiger partial charge is 0.479 e. The summed E-state index contributed by atoms with van der Waals surface area (Å²) < 4.78 is 5.04. The van der Waals surface area contributed by atoms with Crippen LogP contribution < -0.4 is 15.0 Å². The van der Waals surface area contributed by atoms with Crippen LogP contribution >= 0.6 is 0 Å². The SMILES string of the molecule is C#CCN1CC(=O)Nc2c(OC)ncnc21. The van der Waals surface area contributed by atoms with Gasteiger partial charge in [0, 0.05) is 0 Å². The molecule has 0 fully saturated rings. The molecule has 0 radical (unpaired) electrons. The van der Waals surface area contributed by atoms with Crippen molar-refractivity contribution in [3.63, 3.8) is 0 Å². The van der Waals surface area contributed by atoms with Gasteiger partial charge < -0.3 is 15.0 Å². The Kier molecular flexibility index (Phi) is 2.60. The maximum atomic E-state index is 11.4. The Bertz CT molecular complexity index is 466. The van der Waals surface area contributed by atoms with Crippen molar-refractivity contribution < 1.29 is 9.53 Å². The highest BCUT2D eigenvalue weighted by atomic mass is 16.5. The average molecular weight is 218 g/mol. The summed E-state index contributed by atoms with van der Waals surface area (Å²) in [6, 6.07) is 0. The zero-order valence-corrected chi connectivity index (χ0v) is 8.73. The van der Waals surface area contributed by atoms with E-state index in [0.29, 0.717) is 23.9 Å². The fourth-order valence-corrected chi connectivity index (χ4v) is 1.53. The third kappa shape index (κ3) is 1.63. The molecule has 0 unspecified atom stereocenters. The summed E-state index contributed by atoms with van der Waals surface area (Å²) in [4.78, 5) is 21.1. The summed E-state index contributed by atoms with van der Waals surface area (Å²) in [7, 11) is 1.48. The molecule has 1 N–H and O–H groups in total. The average Bonchev–Trinajstić information content (AvgIpc) is 2.28. The number of fused-ring (bicyclic) bond motifs is 1. The smallest absolute Gasteiger partial charge is 0.244 e. The first-order valence-corrected chi connectivity index (χ1v) is 4.63. The monoisotopic (exact) mass is 218 g/mol. The van der Waals surface area contributed by atoms with E-state index in [1.807, 2.05) is 0 Å². The second-order valence-electron chi connectivity index (χ2n) is 3.19. The molecule has 82 valence electrons. The predicted octanol–water partition coefficient (Wildman–Crippen LogP) is -0.123. The van der Waals surface area contributed by atoms with Crippen LogP contribution in [0, 0.1) is 12.3 Å². The second-order valence-corrected chi connectivity index (χ2v) is 3.19. The van der Waals surface area contributed by atoms with Crippen LogP contribution in [0.2, 0.25) is 0 Å². The normalized spacial score (nSPS) is 13.8. The van der Waals surface area contributed by atoms with E-state index in [1.165, 1.54) is 13.4 Å². The number of ether oxygens (including phenoxy) is 1. The minimum absolute atomic E-state index is 0.157. The van der Waals surface area contributed by atoms with Gasteiger partial charge in [0.1, 0.15) is 12.0 Å². The van der Waals surface area contributed by atoms with Gasteiger partial charge in [0.05, 0.1) is 20.2 Å². The fourth-order valence-electron chi connectivity index (χ4n) is 1.53. The molecule has 0 saturated carbocycles. The van der Waals surface area contributed by atoms with Gasteiger partial charge >= 0.3 is 0 Å². The van der Waals surface area contributed by atoms with Gasteiger partial charge in [0.15, 0.2) is 5.82 Å². The van der Waals surface area contributed by atoms with Crippen LogP contribution in [0.5, 0.6) is 5.88 Å². The number of terminal acetylenes is 1. The lowest BCUT2D eigenvalue weighted by Crippen LogP contribution is -2.39. The van der Waals surface area contributed by atoms with E-state index in [2.05, 4.69) is 21.2 Å². The first kappa shape index (κ1) is 10.2. The molecule has 0 atom stereocenters. The van der Waals surface area contributed by atoms with Gasteiger partial charge in [-0.05, 0) is 0 Å². The van der Waals surface area contributed by atoms with Crippen LogP contribution in [0.3, 0.4) is 0 Å². The number of aromatic nitrogens is 2. The van der Waals surface area contributed by atoms with E-state index >= 15 is 0 Å². The number of hydrogen-bond acceptors (Lipinski definition) is 5. The Balaban J connectivity index is 2.47. The fraction of sp³-hybridized carbons (Fsp3) is 0.300. The second kappa shape index (κ2) is 4.06. The minimum atomic E-state index is -0.157. The van der Waals surface area contributed by atoms with Gasteiger partial charge in [0.25, 0.3) is 0 Å². The predicted molar refractivity (Wildman–Crippen MR) is 58.3 cm³/mol. The lowest BCUT2D eigenvalue weighted by atomic mass is 10.3. The molecule has 1 aliphatic rings. The molecule has 6 nitrogen and oxygen atoms in total. The Morgan fingerprint density at radius 3 is 3.19 bits per heavy atom. The topological polar surface area (TPSA) is 67.4 Å². The maximum absolute atomic E-state index is 11.4. The van der Waals surface area contributed by atoms with Gasteiger partial charge in [-0.2, -0.15) is 4.98 Å². The van der Waals surface area contributed by atoms with E-state index in [9.17, 15) is 4.79 Å². The summed E-state index contributed by atoms with van der Waals surface area (Å²) in [5.74, 6) is 3.25. The van der Waals surface area contributed by atoms with Crippen LogP contribution in [0.25, 0.3) is 0 Å². The summed E-state index contributed by atoms with van der Waals surface area (Å²) in [5, 5.41) is 2.67. The van der Waals surface area contributed by atoms with Crippen molar-refractivity contribution in [1.82, 2.24) is 9.97 Å². The molecule has 0 aliphatic carbocycles. The molecule has 1 aromatic rings. The number of amides is 1. The number of hydrogen-bond donors (Lipinski definition) is 1. The van der Waals surface area contributed by atoms with Crippen molar-refractivity contribution in [2.24, 2.45) is 0 Å². The Morgan fingerprint density at radius 1 is 1.69 bits per heavy atom. The molecule has 16 heavy (non-hydrogen) atoms. The van der Waals surface area contributed by atoms with Crippen molar-refractivity contribution in [2.45, 2.75) is 0 Å². The van der Waals surface area contributed by atoms with E-state index in [0.717, 1.165) is 0 Å². The standard InChI is InChI=1S/C10H10N4O2/c1-3-4-14-5-7(15)13-8-9(14)11-6-12-10(8)16-2/h1,6H,4-5H2,2H3,(H,13,15). The maximum Gasteiger partial charge on any atom is 0.244 e. The summed E-state index contributed by atoms with van der Waals surface area (Å²) in [5.41, 5.74) is 0.469. The molecule has 1 amide bonds.